The zero-order valence-corrected chi connectivity index (χ0v) is 12.3. The van der Waals surface area contributed by atoms with Crippen molar-refractivity contribution >= 4 is 0 Å². The van der Waals surface area contributed by atoms with Crippen LogP contribution in [0.25, 0.3) is 0 Å². The molecule has 1 aromatic carbocycles. The summed E-state index contributed by atoms with van der Waals surface area (Å²) in [6, 6.07) is 8.91. The largest absolute Gasteiger partial charge is 0.490 e. The predicted molar refractivity (Wildman–Crippen MR) is 79.6 cm³/mol. The highest BCUT2D eigenvalue weighted by Gasteiger charge is 2.28. The van der Waals surface area contributed by atoms with Crippen LogP contribution < -0.4 is 4.74 Å². The van der Waals surface area contributed by atoms with Crippen LogP contribution in [0.2, 0.25) is 0 Å². The molecule has 0 fully saturated rings. The fourth-order valence-electron chi connectivity index (χ4n) is 1.97. The number of benzene rings is 1. The first kappa shape index (κ1) is 16.7. The first-order valence-corrected chi connectivity index (χ1v) is 7.25. The number of ether oxygens (including phenoxy) is 1. The van der Waals surface area contributed by atoms with Crippen LogP contribution in [-0.4, -0.2) is 19.0 Å². The Hall–Kier alpha value is -1.38. The standard InChI is InChI=1S/C17H24F2O/c1-3-8-15(4-2)11-12-17(19,13-18)14-20-16-9-6-5-7-10-16/h5-7,9-12,15H,3-4,8,13-14H2,1-2H3/b12-11+. The van der Waals surface area contributed by atoms with Gasteiger partial charge in [0.05, 0.1) is 0 Å². The Bertz CT molecular complexity index is 391. The fourth-order valence-corrected chi connectivity index (χ4v) is 1.97. The third-order valence-corrected chi connectivity index (χ3v) is 3.30. The quantitative estimate of drug-likeness (QED) is 0.571. The average Bonchev–Trinajstić information content (AvgIpc) is 2.50. The van der Waals surface area contributed by atoms with Gasteiger partial charge in [-0.15, -0.1) is 0 Å². The van der Waals surface area contributed by atoms with Crippen molar-refractivity contribution in [3.63, 3.8) is 0 Å². The van der Waals surface area contributed by atoms with Gasteiger partial charge in [0, 0.05) is 0 Å². The summed E-state index contributed by atoms with van der Waals surface area (Å²) in [5.74, 6) is 0.857. The zero-order valence-electron chi connectivity index (χ0n) is 12.3. The van der Waals surface area contributed by atoms with Crippen LogP contribution >= 0.6 is 0 Å². The second kappa shape index (κ2) is 8.72. The van der Waals surface area contributed by atoms with E-state index < -0.39 is 12.3 Å². The Morgan fingerprint density at radius 1 is 1.25 bits per heavy atom. The summed E-state index contributed by atoms with van der Waals surface area (Å²) in [6.07, 6.45) is 6.09. The maximum absolute atomic E-state index is 14.4. The zero-order chi connectivity index (χ0) is 14.8. The third-order valence-electron chi connectivity index (χ3n) is 3.30. The summed E-state index contributed by atoms with van der Waals surface area (Å²) in [7, 11) is 0. The lowest BCUT2D eigenvalue weighted by Gasteiger charge is -2.19. The second-order valence-corrected chi connectivity index (χ2v) is 5.09. The van der Waals surface area contributed by atoms with E-state index in [1.165, 1.54) is 6.08 Å². The molecular weight excluding hydrogens is 258 g/mol. The van der Waals surface area contributed by atoms with Gasteiger partial charge < -0.3 is 4.74 Å². The molecule has 0 saturated heterocycles. The molecule has 20 heavy (non-hydrogen) atoms. The second-order valence-electron chi connectivity index (χ2n) is 5.09. The van der Waals surface area contributed by atoms with Gasteiger partial charge in [-0.3, -0.25) is 0 Å². The van der Waals surface area contributed by atoms with E-state index in [1.54, 1.807) is 30.3 Å². The van der Waals surface area contributed by atoms with Crippen molar-refractivity contribution in [1.29, 1.82) is 0 Å². The molecule has 112 valence electrons. The normalized spacial score (nSPS) is 16.0. The topological polar surface area (TPSA) is 9.23 Å². The lowest BCUT2D eigenvalue weighted by Crippen LogP contribution is -2.31. The highest BCUT2D eigenvalue weighted by molar-refractivity contribution is 5.21. The van der Waals surface area contributed by atoms with Crippen LogP contribution in [0, 0.1) is 5.92 Å². The molecular formula is C17H24F2O. The Morgan fingerprint density at radius 3 is 2.50 bits per heavy atom. The maximum atomic E-state index is 14.4. The van der Waals surface area contributed by atoms with Gasteiger partial charge in [0.15, 0.2) is 5.67 Å². The Labute approximate surface area is 120 Å². The van der Waals surface area contributed by atoms with Crippen molar-refractivity contribution in [2.75, 3.05) is 13.3 Å². The van der Waals surface area contributed by atoms with Crippen molar-refractivity contribution in [2.45, 2.75) is 38.8 Å². The molecule has 0 aliphatic rings. The van der Waals surface area contributed by atoms with Crippen LogP contribution in [0.1, 0.15) is 33.1 Å². The summed E-state index contributed by atoms with van der Waals surface area (Å²) in [6.45, 7) is 2.78. The molecule has 0 N–H and O–H groups in total. The monoisotopic (exact) mass is 282 g/mol. The fraction of sp³-hybridized carbons (Fsp3) is 0.529. The molecule has 0 amide bonds. The highest BCUT2D eigenvalue weighted by Crippen LogP contribution is 2.21. The number of hydrogen-bond acceptors (Lipinski definition) is 1. The van der Waals surface area contributed by atoms with Crippen molar-refractivity contribution in [3.05, 3.63) is 42.5 Å². The summed E-state index contributed by atoms with van der Waals surface area (Å²) in [5.41, 5.74) is -2.04. The summed E-state index contributed by atoms with van der Waals surface area (Å²) < 4.78 is 32.7. The third kappa shape index (κ3) is 5.72. The predicted octanol–water partition coefficient (Wildman–Crippen LogP) is 5.13. The summed E-state index contributed by atoms with van der Waals surface area (Å²) >= 11 is 0. The van der Waals surface area contributed by atoms with Gasteiger partial charge in [0.2, 0.25) is 0 Å². The molecule has 0 aromatic heterocycles. The van der Waals surface area contributed by atoms with Crippen molar-refractivity contribution in [1.82, 2.24) is 0 Å². The maximum Gasteiger partial charge on any atom is 0.190 e. The van der Waals surface area contributed by atoms with Crippen molar-refractivity contribution in [2.24, 2.45) is 5.92 Å². The van der Waals surface area contributed by atoms with E-state index in [4.69, 9.17) is 4.74 Å². The SMILES string of the molecule is CCCC(/C=C/C(F)(CF)COc1ccccc1)CC. The van der Waals surface area contributed by atoms with Gasteiger partial charge in [-0.2, -0.15) is 0 Å². The van der Waals surface area contributed by atoms with Gasteiger partial charge in [0.25, 0.3) is 0 Å². The molecule has 2 atom stereocenters. The van der Waals surface area contributed by atoms with Crippen molar-refractivity contribution in [3.8, 4) is 5.75 Å². The van der Waals surface area contributed by atoms with E-state index in [0.29, 0.717) is 11.7 Å². The number of allylic oxidation sites excluding steroid dienone is 1. The van der Waals surface area contributed by atoms with E-state index in [2.05, 4.69) is 13.8 Å². The van der Waals surface area contributed by atoms with E-state index >= 15 is 0 Å². The minimum Gasteiger partial charge on any atom is -0.490 e. The lowest BCUT2D eigenvalue weighted by molar-refractivity contribution is 0.100. The Morgan fingerprint density at radius 2 is 1.95 bits per heavy atom. The van der Waals surface area contributed by atoms with Gasteiger partial charge in [-0.25, -0.2) is 8.78 Å². The highest BCUT2D eigenvalue weighted by atomic mass is 19.2. The number of alkyl halides is 2. The molecule has 1 nitrogen and oxygen atoms in total. The first-order chi connectivity index (χ1) is 9.63. The molecule has 0 bridgehead atoms. The van der Waals surface area contributed by atoms with Crippen LogP contribution in [0.15, 0.2) is 42.5 Å². The molecule has 0 aliphatic carbocycles. The molecule has 0 saturated carbocycles. The number of rotatable bonds is 9. The van der Waals surface area contributed by atoms with E-state index in [0.717, 1.165) is 19.3 Å². The van der Waals surface area contributed by atoms with Gasteiger partial charge in [-0.05, 0) is 37.0 Å². The number of halogens is 2. The number of hydrogen-bond donors (Lipinski definition) is 0. The Balaban J connectivity index is 2.59. The minimum absolute atomic E-state index is 0.299. The first-order valence-electron chi connectivity index (χ1n) is 7.25. The van der Waals surface area contributed by atoms with Crippen LogP contribution in [0.4, 0.5) is 8.78 Å². The molecule has 3 heteroatoms. The van der Waals surface area contributed by atoms with Crippen LogP contribution in [0.3, 0.4) is 0 Å². The molecule has 0 radical (unpaired) electrons. The van der Waals surface area contributed by atoms with Crippen LogP contribution in [-0.2, 0) is 0 Å². The van der Waals surface area contributed by atoms with Crippen LogP contribution in [0.5, 0.6) is 5.75 Å². The Kier molecular flexibility index (Phi) is 7.27. The molecule has 2 unspecified atom stereocenters. The molecule has 0 aliphatic heterocycles. The molecule has 0 spiro atoms. The van der Waals surface area contributed by atoms with E-state index in [-0.39, 0.29) is 6.61 Å². The number of para-hydroxylation sites is 1. The van der Waals surface area contributed by atoms with E-state index in [9.17, 15) is 8.78 Å². The minimum atomic E-state index is -2.04. The average molecular weight is 282 g/mol. The summed E-state index contributed by atoms with van der Waals surface area (Å²) in [4.78, 5) is 0. The molecule has 1 rings (SSSR count). The molecule has 0 heterocycles. The lowest BCUT2D eigenvalue weighted by atomic mass is 9.97. The summed E-state index contributed by atoms with van der Waals surface area (Å²) in [5, 5.41) is 0. The van der Waals surface area contributed by atoms with Gasteiger partial charge >= 0.3 is 0 Å². The van der Waals surface area contributed by atoms with E-state index in [1.807, 2.05) is 6.07 Å². The van der Waals surface area contributed by atoms with Gasteiger partial charge in [0.1, 0.15) is 19.0 Å². The van der Waals surface area contributed by atoms with Crippen molar-refractivity contribution < 1.29 is 13.5 Å². The molecule has 1 aromatic rings. The smallest absolute Gasteiger partial charge is 0.190 e. The van der Waals surface area contributed by atoms with Gasteiger partial charge in [-0.1, -0.05) is 44.5 Å².